The Hall–Kier alpha value is -1.99. The number of aromatic amines is 1. The zero-order chi connectivity index (χ0) is 19.5. The molecule has 1 aromatic carbocycles. The molecule has 1 N–H and O–H groups in total. The zero-order valence-corrected chi connectivity index (χ0v) is 17.0. The molecule has 1 aromatic heterocycles. The van der Waals surface area contributed by atoms with Crippen LogP contribution in [-0.4, -0.2) is 57.5 Å². The predicted octanol–water partition coefficient (Wildman–Crippen LogP) is 2.93. The number of carbonyl (C=O) groups is 1. The molecule has 1 aliphatic heterocycles. The molecular weight excluding hydrogens is 372 g/mol. The van der Waals surface area contributed by atoms with Crippen LogP contribution < -0.4 is 5.56 Å². The SMILES string of the molecule is O=C(CCn1c(=S)[nH]c2ccccc2c1=O)N1CCN(C2CCCCC2)CC1. The van der Waals surface area contributed by atoms with Crippen LogP contribution in [0.15, 0.2) is 29.1 Å². The second-order valence-electron chi connectivity index (χ2n) is 7.89. The van der Waals surface area contributed by atoms with E-state index in [2.05, 4.69) is 9.88 Å². The van der Waals surface area contributed by atoms with Crippen LogP contribution in [0.25, 0.3) is 10.9 Å². The van der Waals surface area contributed by atoms with Crippen LogP contribution in [0.5, 0.6) is 0 Å². The number of nitrogens with zero attached hydrogens (tertiary/aromatic N) is 3. The Labute approximate surface area is 170 Å². The summed E-state index contributed by atoms with van der Waals surface area (Å²) in [6.07, 6.45) is 6.95. The Morgan fingerprint density at radius 2 is 1.79 bits per heavy atom. The van der Waals surface area contributed by atoms with Crippen LogP contribution in [0.1, 0.15) is 38.5 Å². The highest BCUT2D eigenvalue weighted by Crippen LogP contribution is 2.23. The first-order valence-electron chi connectivity index (χ1n) is 10.4. The number of rotatable bonds is 4. The van der Waals surface area contributed by atoms with Gasteiger partial charge in [0.25, 0.3) is 5.56 Å². The molecule has 2 aliphatic rings. The lowest BCUT2D eigenvalue weighted by Crippen LogP contribution is -2.52. The van der Waals surface area contributed by atoms with E-state index >= 15 is 0 Å². The van der Waals surface area contributed by atoms with E-state index in [1.54, 1.807) is 6.07 Å². The van der Waals surface area contributed by atoms with E-state index in [-0.39, 0.29) is 11.5 Å². The minimum absolute atomic E-state index is 0.109. The van der Waals surface area contributed by atoms with Gasteiger partial charge in [0.2, 0.25) is 5.91 Å². The fourth-order valence-electron chi connectivity index (χ4n) is 4.55. The monoisotopic (exact) mass is 400 g/mol. The van der Waals surface area contributed by atoms with Gasteiger partial charge < -0.3 is 9.88 Å². The predicted molar refractivity (Wildman–Crippen MR) is 113 cm³/mol. The van der Waals surface area contributed by atoms with Gasteiger partial charge in [-0.25, -0.2) is 0 Å². The average molecular weight is 401 g/mol. The van der Waals surface area contributed by atoms with Gasteiger partial charge in [-0.15, -0.1) is 0 Å². The maximum Gasteiger partial charge on any atom is 0.262 e. The smallest absolute Gasteiger partial charge is 0.262 e. The summed E-state index contributed by atoms with van der Waals surface area (Å²) in [7, 11) is 0. The lowest BCUT2D eigenvalue weighted by atomic mass is 9.94. The van der Waals surface area contributed by atoms with Gasteiger partial charge in [-0.05, 0) is 37.2 Å². The van der Waals surface area contributed by atoms with Gasteiger partial charge in [0.05, 0.1) is 10.9 Å². The third-order valence-corrected chi connectivity index (χ3v) is 6.52. The molecule has 0 unspecified atom stereocenters. The maximum absolute atomic E-state index is 12.7. The van der Waals surface area contributed by atoms with E-state index in [1.807, 2.05) is 23.1 Å². The number of para-hydroxylation sites is 1. The standard InChI is InChI=1S/C21H28N4O2S/c26-19(24-14-12-23(13-15-24)16-6-2-1-3-7-16)10-11-25-20(27)17-8-4-5-9-18(17)22-21(25)28/h4-5,8-9,16H,1-3,6-7,10-15H2,(H,22,28). The molecule has 2 aromatic rings. The van der Waals surface area contributed by atoms with Gasteiger partial charge in [0, 0.05) is 45.2 Å². The van der Waals surface area contributed by atoms with Gasteiger partial charge in [0.15, 0.2) is 4.77 Å². The number of carbonyl (C=O) groups excluding carboxylic acids is 1. The third kappa shape index (κ3) is 4.05. The summed E-state index contributed by atoms with van der Waals surface area (Å²) in [4.78, 5) is 33.0. The van der Waals surface area contributed by atoms with Crippen LogP contribution in [-0.2, 0) is 11.3 Å². The fourth-order valence-corrected chi connectivity index (χ4v) is 4.83. The van der Waals surface area contributed by atoms with Gasteiger partial charge in [-0.3, -0.25) is 19.1 Å². The molecule has 2 heterocycles. The van der Waals surface area contributed by atoms with Crippen molar-refractivity contribution in [3.8, 4) is 0 Å². The van der Waals surface area contributed by atoms with Crippen molar-refractivity contribution in [2.45, 2.75) is 51.1 Å². The van der Waals surface area contributed by atoms with E-state index in [1.165, 1.54) is 36.7 Å². The van der Waals surface area contributed by atoms with E-state index in [4.69, 9.17) is 12.2 Å². The molecule has 1 amide bonds. The highest BCUT2D eigenvalue weighted by molar-refractivity contribution is 7.71. The first-order chi connectivity index (χ1) is 13.6. The molecule has 150 valence electrons. The van der Waals surface area contributed by atoms with Crippen LogP contribution in [0, 0.1) is 4.77 Å². The van der Waals surface area contributed by atoms with Crippen molar-refractivity contribution in [3.05, 3.63) is 39.4 Å². The summed E-state index contributed by atoms with van der Waals surface area (Å²) in [6, 6.07) is 8.04. The molecular formula is C21H28N4O2S. The minimum atomic E-state index is -0.130. The average Bonchev–Trinajstić information content (AvgIpc) is 2.74. The Morgan fingerprint density at radius 1 is 1.07 bits per heavy atom. The molecule has 6 nitrogen and oxygen atoms in total. The van der Waals surface area contributed by atoms with E-state index in [0.29, 0.717) is 29.2 Å². The maximum atomic E-state index is 12.7. The third-order valence-electron chi connectivity index (χ3n) is 6.20. The minimum Gasteiger partial charge on any atom is -0.340 e. The number of hydrogen-bond donors (Lipinski definition) is 1. The highest BCUT2D eigenvalue weighted by Gasteiger charge is 2.26. The Kier molecular flexibility index (Phi) is 5.92. The van der Waals surface area contributed by atoms with Crippen LogP contribution >= 0.6 is 12.2 Å². The number of piperazine rings is 1. The van der Waals surface area contributed by atoms with Crippen molar-refractivity contribution in [3.63, 3.8) is 0 Å². The number of fused-ring (bicyclic) bond motifs is 1. The van der Waals surface area contributed by atoms with E-state index < -0.39 is 0 Å². The van der Waals surface area contributed by atoms with Crippen molar-refractivity contribution in [1.82, 2.24) is 19.4 Å². The molecule has 4 rings (SSSR count). The van der Waals surface area contributed by atoms with E-state index in [0.717, 1.165) is 31.7 Å². The number of amides is 1. The topological polar surface area (TPSA) is 61.3 Å². The largest absolute Gasteiger partial charge is 0.340 e. The number of nitrogens with one attached hydrogen (secondary N) is 1. The van der Waals surface area contributed by atoms with Crippen LogP contribution in [0.4, 0.5) is 0 Å². The second-order valence-corrected chi connectivity index (χ2v) is 8.28. The molecule has 1 saturated heterocycles. The summed E-state index contributed by atoms with van der Waals surface area (Å²) in [5, 5.41) is 0.602. The molecule has 0 atom stereocenters. The number of benzene rings is 1. The van der Waals surface area contributed by atoms with Crippen molar-refractivity contribution in [2.75, 3.05) is 26.2 Å². The lowest BCUT2D eigenvalue weighted by Gasteiger charge is -2.40. The normalized spacial score (nSPS) is 19.2. The van der Waals surface area contributed by atoms with E-state index in [9.17, 15) is 9.59 Å². The summed E-state index contributed by atoms with van der Waals surface area (Å²) in [6.45, 7) is 3.82. The highest BCUT2D eigenvalue weighted by atomic mass is 32.1. The Bertz CT molecular complexity index is 953. The van der Waals surface area contributed by atoms with Crippen molar-refractivity contribution < 1.29 is 4.79 Å². The summed E-state index contributed by atoms with van der Waals surface area (Å²) in [5.74, 6) is 0.109. The van der Waals surface area contributed by atoms with Gasteiger partial charge in [0.1, 0.15) is 0 Å². The first kappa shape index (κ1) is 19.3. The molecule has 0 spiro atoms. The van der Waals surface area contributed by atoms with Crippen LogP contribution in [0.3, 0.4) is 0 Å². The second kappa shape index (κ2) is 8.57. The summed E-state index contributed by atoms with van der Waals surface area (Å²) in [5.41, 5.74) is 0.605. The van der Waals surface area contributed by atoms with Crippen molar-refractivity contribution >= 4 is 29.0 Å². The molecule has 1 aliphatic carbocycles. The van der Waals surface area contributed by atoms with Crippen molar-refractivity contribution in [2.24, 2.45) is 0 Å². The first-order valence-corrected chi connectivity index (χ1v) is 10.8. The molecule has 0 radical (unpaired) electrons. The molecule has 28 heavy (non-hydrogen) atoms. The van der Waals surface area contributed by atoms with Gasteiger partial charge in [-0.1, -0.05) is 31.4 Å². The zero-order valence-electron chi connectivity index (χ0n) is 16.2. The van der Waals surface area contributed by atoms with Crippen LogP contribution in [0.2, 0.25) is 0 Å². The number of hydrogen-bond acceptors (Lipinski definition) is 4. The number of aromatic nitrogens is 2. The molecule has 0 bridgehead atoms. The van der Waals surface area contributed by atoms with Crippen molar-refractivity contribution in [1.29, 1.82) is 0 Å². The van der Waals surface area contributed by atoms with Gasteiger partial charge in [-0.2, -0.15) is 0 Å². The fraction of sp³-hybridized carbons (Fsp3) is 0.571. The molecule has 2 fully saturated rings. The summed E-state index contributed by atoms with van der Waals surface area (Å²) >= 11 is 5.34. The summed E-state index contributed by atoms with van der Waals surface area (Å²) < 4.78 is 1.88. The van der Waals surface area contributed by atoms with Gasteiger partial charge >= 0.3 is 0 Å². The quantitative estimate of drug-likeness (QED) is 0.802. The molecule has 7 heteroatoms. The molecule has 1 saturated carbocycles. The Morgan fingerprint density at radius 3 is 2.54 bits per heavy atom. The Balaban J connectivity index is 1.36. The number of H-pyrrole nitrogens is 1. The lowest BCUT2D eigenvalue weighted by molar-refractivity contribution is -0.133.